The van der Waals surface area contributed by atoms with E-state index in [-0.39, 0.29) is 6.54 Å². The number of aromatic nitrogens is 6. The van der Waals surface area contributed by atoms with Gasteiger partial charge in [-0.15, -0.1) is 5.10 Å². The zero-order valence-corrected chi connectivity index (χ0v) is 18.0. The van der Waals surface area contributed by atoms with Crippen LogP contribution >= 0.6 is 11.6 Å². The first-order valence-electron chi connectivity index (χ1n) is 9.98. The fraction of sp³-hybridized carbons (Fsp3) is 0.0870. The van der Waals surface area contributed by atoms with E-state index in [0.29, 0.717) is 27.4 Å². The van der Waals surface area contributed by atoms with E-state index in [4.69, 9.17) is 11.6 Å². The number of pyridine rings is 2. The van der Waals surface area contributed by atoms with Crippen LogP contribution in [0, 0.1) is 0 Å². The second-order valence-electron chi connectivity index (χ2n) is 7.43. The Morgan fingerprint density at radius 2 is 1.71 bits per heavy atom. The molecular formula is C23H14ClF3N6O. The Balaban J connectivity index is 1.65. The van der Waals surface area contributed by atoms with Crippen LogP contribution < -0.4 is 5.69 Å². The molecule has 0 amide bonds. The Morgan fingerprint density at radius 1 is 0.912 bits per heavy atom. The highest BCUT2D eigenvalue weighted by atomic mass is 35.5. The summed E-state index contributed by atoms with van der Waals surface area (Å²) in [6.07, 6.45) is 1.26. The Kier molecular flexibility index (Phi) is 5.37. The summed E-state index contributed by atoms with van der Waals surface area (Å²) in [5.41, 5.74) is 2.33. The normalized spacial score (nSPS) is 11.8. The minimum atomic E-state index is -4.54. The highest BCUT2D eigenvalue weighted by molar-refractivity contribution is 6.30. The molecule has 5 aromatic rings. The predicted molar refractivity (Wildman–Crippen MR) is 119 cm³/mol. The SMILES string of the molecule is O=c1n(Cc2ccc(C(F)(F)F)nc2)nc2c(-c3ccnnc3)c(-c3ccc(Cl)cc3)ccn12. The number of hydrogen-bond donors (Lipinski definition) is 0. The molecule has 34 heavy (non-hydrogen) atoms. The monoisotopic (exact) mass is 482 g/mol. The second-order valence-corrected chi connectivity index (χ2v) is 7.86. The van der Waals surface area contributed by atoms with Gasteiger partial charge in [0.15, 0.2) is 5.65 Å². The van der Waals surface area contributed by atoms with Crippen molar-refractivity contribution in [3.05, 3.63) is 100 Å². The van der Waals surface area contributed by atoms with Crippen molar-refractivity contribution in [1.29, 1.82) is 0 Å². The maximum Gasteiger partial charge on any atom is 0.433 e. The summed E-state index contributed by atoms with van der Waals surface area (Å²) in [5.74, 6) is 0. The third kappa shape index (κ3) is 4.03. The van der Waals surface area contributed by atoms with Gasteiger partial charge in [-0.2, -0.15) is 23.4 Å². The maximum atomic E-state index is 13.1. The fourth-order valence-corrected chi connectivity index (χ4v) is 3.76. The average Bonchev–Trinajstić information content (AvgIpc) is 3.14. The number of fused-ring (bicyclic) bond motifs is 1. The molecule has 7 nitrogen and oxygen atoms in total. The standard InChI is InChI=1S/C23H14ClF3N6O/c24-17-4-2-15(3-5-17)18-8-10-32-21(20(18)16-7-9-29-30-12-16)31-33(22(32)34)13-14-1-6-19(28-11-14)23(25,26)27/h1-12H,13H2. The van der Waals surface area contributed by atoms with Crippen LogP contribution in [0.15, 0.2) is 78.1 Å². The number of hydrogen-bond acceptors (Lipinski definition) is 5. The molecule has 0 atom stereocenters. The molecule has 0 saturated heterocycles. The van der Waals surface area contributed by atoms with Gasteiger partial charge in [0.1, 0.15) is 5.69 Å². The van der Waals surface area contributed by atoms with Crippen LogP contribution in [0.4, 0.5) is 13.2 Å². The van der Waals surface area contributed by atoms with Crippen LogP contribution in [0.5, 0.6) is 0 Å². The molecule has 11 heteroatoms. The van der Waals surface area contributed by atoms with E-state index >= 15 is 0 Å². The van der Waals surface area contributed by atoms with Gasteiger partial charge in [0.05, 0.1) is 18.9 Å². The van der Waals surface area contributed by atoms with E-state index < -0.39 is 17.6 Å². The van der Waals surface area contributed by atoms with Gasteiger partial charge in [0.2, 0.25) is 0 Å². The van der Waals surface area contributed by atoms with Crippen molar-refractivity contribution in [2.45, 2.75) is 12.7 Å². The molecule has 0 unspecified atom stereocenters. The van der Waals surface area contributed by atoms with Crippen molar-refractivity contribution in [3.63, 3.8) is 0 Å². The summed E-state index contributed by atoms with van der Waals surface area (Å²) in [7, 11) is 0. The zero-order chi connectivity index (χ0) is 23.9. The van der Waals surface area contributed by atoms with Gasteiger partial charge in [-0.25, -0.2) is 13.9 Å². The number of nitrogens with zero attached hydrogens (tertiary/aromatic N) is 6. The highest BCUT2D eigenvalue weighted by Gasteiger charge is 2.32. The molecule has 5 rings (SSSR count). The molecule has 0 fully saturated rings. The van der Waals surface area contributed by atoms with Crippen LogP contribution in [0.2, 0.25) is 5.02 Å². The van der Waals surface area contributed by atoms with Gasteiger partial charge in [0.25, 0.3) is 0 Å². The van der Waals surface area contributed by atoms with Gasteiger partial charge in [-0.05, 0) is 47.0 Å². The minimum Gasteiger partial charge on any atom is -0.251 e. The lowest BCUT2D eigenvalue weighted by atomic mass is 9.97. The molecule has 4 heterocycles. The lowest BCUT2D eigenvalue weighted by Crippen LogP contribution is -2.21. The van der Waals surface area contributed by atoms with Gasteiger partial charge < -0.3 is 0 Å². The molecule has 0 spiro atoms. The molecule has 0 radical (unpaired) electrons. The van der Waals surface area contributed by atoms with Crippen molar-refractivity contribution < 1.29 is 13.2 Å². The lowest BCUT2D eigenvalue weighted by Gasteiger charge is -2.11. The highest BCUT2D eigenvalue weighted by Crippen LogP contribution is 2.34. The summed E-state index contributed by atoms with van der Waals surface area (Å²) in [4.78, 5) is 16.5. The van der Waals surface area contributed by atoms with Crippen LogP contribution in [0.25, 0.3) is 27.9 Å². The van der Waals surface area contributed by atoms with Crippen molar-refractivity contribution in [2.24, 2.45) is 0 Å². The molecule has 0 aliphatic rings. The molecule has 0 aliphatic carbocycles. The van der Waals surface area contributed by atoms with Crippen LogP contribution in [0.3, 0.4) is 0 Å². The van der Waals surface area contributed by atoms with E-state index in [0.717, 1.165) is 23.4 Å². The molecule has 0 aliphatic heterocycles. The first-order chi connectivity index (χ1) is 16.3. The third-order valence-corrected chi connectivity index (χ3v) is 5.48. The Labute approximate surface area is 195 Å². The quantitative estimate of drug-likeness (QED) is 0.370. The summed E-state index contributed by atoms with van der Waals surface area (Å²) >= 11 is 6.04. The minimum absolute atomic E-state index is 0.0457. The van der Waals surface area contributed by atoms with Crippen molar-refractivity contribution in [3.8, 4) is 22.3 Å². The van der Waals surface area contributed by atoms with E-state index in [2.05, 4.69) is 20.3 Å². The maximum absolute atomic E-state index is 13.1. The number of benzene rings is 1. The number of halogens is 4. The molecule has 1 aromatic carbocycles. The van der Waals surface area contributed by atoms with Crippen LogP contribution in [-0.4, -0.2) is 29.4 Å². The first-order valence-corrected chi connectivity index (χ1v) is 10.4. The number of rotatable bonds is 4. The molecule has 0 bridgehead atoms. The largest absolute Gasteiger partial charge is 0.433 e. The summed E-state index contributed by atoms with van der Waals surface area (Å²) in [6, 6.07) is 12.9. The van der Waals surface area contributed by atoms with Crippen molar-refractivity contribution in [2.75, 3.05) is 0 Å². The van der Waals surface area contributed by atoms with Crippen LogP contribution in [0.1, 0.15) is 11.3 Å². The van der Waals surface area contributed by atoms with Gasteiger partial charge in [-0.3, -0.25) is 4.98 Å². The van der Waals surface area contributed by atoms with Crippen molar-refractivity contribution in [1.82, 2.24) is 29.4 Å². The topological polar surface area (TPSA) is 78.0 Å². The summed E-state index contributed by atoms with van der Waals surface area (Å²) in [5, 5.41) is 12.9. The lowest BCUT2D eigenvalue weighted by molar-refractivity contribution is -0.141. The van der Waals surface area contributed by atoms with E-state index in [1.807, 2.05) is 12.1 Å². The Bertz CT molecular complexity index is 1530. The van der Waals surface area contributed by atoms with E-state index in [1.54, 1.807) is 36.7 Å². The molecular weight excluding hydrogens is 469 g/mol. The molecule has 170 valence electrons. The molecule has 0 saturated carbocycles. The first kappa shape index (κ1) is 21.8. The van der Waals surface area contributed by atoms with E-state index in [1.165, 1.54) is 21.3 Å². The second kappa shape index (κ2) is 8.38. The van der Waals surface area contributed by atoms with Gasteiger partial charge >= 0.3 is 11.9 Å². The average molecular weight is 483 g/mol. The van der Waals surface area contributed by atoms with E-state index in [9.17, 15) is 18.0 Å². The van der Waals surface area contributed by atoms with Crippen molar-refractivity contribution >= 4 is 17.2 Å². The predicted octanol–water partition coefficient (Wildman–Crippen LogP) is 4.74. The zero-order valence-electron chi connectivity index (χ0n) is 17.2. The molecule has 4 aromatic heterocycles. The smallest absolute Gasteiger partial charge is 0.251 e. The van der Waals surface area contributed by atoms with Gasteiger partial charge in [0, 0.05) is 28.5 Å². The number of alkyl halides is 3. The van der Waals surface area contributed by atoms with Crippen LogP contribution in [-0.2, 0) is 12.7 Å². The summed E-state index contributed by atoms with van der Waals surface area (Å²) < 4.78 is 41.0. The molecule has 0 N–H and O–H groups in total. The Morgan fingerprint density at radius 3 is 2.35 bits per heavy atom. The van der Waals surface area contributed by atoms with Gasteiger partial charge in [-0.1, -0.05) is 29.8 Å². The third-order valence-electron chi connectivity index (χ3n) is 5.23. The summed E-state index contributed by atoms with van der Waals surface area (Å²) in [6.45, 7) is -0.0457. The fourth-order valence-electron chi connectivity index (χ4n) is 3.63. The Hall–Kier alpha value is -4.05.